The van der Waals surface area contributed by atoms with Crippen molar-refractivity contribution in [1.29, 1.82) is 0 Å². The zero-order valence-electron chi connectivity index (χ0n) is 12.3. The van der Waals surface area contributed by atoms with Crippen LogP contribution in [0.25, 0.3) is 0 Å². The van der Waals surface area contributed by atoms with E-state index < -0.39 is 10.0 Å². The molecule has 2 N–H and O–H groups in total. The summed E-state index contributed by atoms with van der Waals surface area (Å²) in [4.78, 5) is 11.2. The van der Waals surface area contributed by atoms with Gasteiger partial charge in [0.05, 0.1) is 4.90 Å². The Morgan fingerprint density at radius 3 is 2.62 bits per heavy atom. The summed E-state index contributed by atoms with van der Waals surface area (Å²) in [7, 11) is -3.45. The highest BCUT2D eigenvalue weighted by atomic mass is 32.2. The molecule has 1 amide bonds. The maximum atomic E-state index is 12.6. The van der Waals surface area contributed by atoms with Gasteiger partial charge in [-0.05, 0) is 24.6 Å². The lowest BCUT2D eigenvalue weighted by molar-refractivity contribution is -0.119. The minimum atomic E-state index is -3.45. The molecule has 21 heavy (non-hydrogen) atoms. The summed E-state index contributed by atoms with van der Waals surface area (Å²) in [5, 5.41) is 5.86. The summed E-state index contributed by atoms with van der Waals surface area (Å²) in [6, 6.07) is 6.61. The SMILES string of the molecule is CC(=O)NCc1ccc(S(=O)(=O)N2CCNC[C@@H]2C)cc1. The quantitative estimate of drug-likeness (QED) is 0.838. The fraction of sp³-hybridized carbons (Fsp3) is 0.500. The number of hydrogen-bond acceptors (Lipinski definition) is 4. The van der Waals surface area contributed by atoms with Gasteiger partial charge < -0.3 is 10.6 Å². The van der Waals surface area contributed by atoms with Crippen molar-refractivity contribution in [2.75, 3.05) is 19.6 Å². The predicted molar refractivity (Wildman–Crippen MR) is 80.2 cm³/mol. The molecule has 0 unspecified atom stereocenters. The van der Waals surface area contributed by atoms with E-state index in [0.717, 1.165) is 5.56 Å². The first-order chi connectivity index (χ1) is 9.91. The summed E-state index contributed by atoms with van der Waals surface area (Å²) >= 11 is 0. The molecule has 1 aromatic rings. The molecule has 1 fully saturated rings. The van der Waals surface area contributed by atoms with Crippen LogP contribution < -0.4 is 10.6 Å². The molecule has 0 aromatic heterocycles. The molecule has 0 bridgehead atoms. The molecule has 1 aliphatic heterocycles. The van der Waals surface area contributed by atoms with E-state index in [-0.39, 0.29) is 11.9 Å². The van der Waals surface area contributed by atoms with Crippen molar-refractivity contribution in [3.8, 4) is 0 Å². The minimum absolute atomic E-state index is 0.0530. The van der Waals surface area contributed by atoms with E-state index in [2.05, 4.69) is 10.6 Å². The van der Waals surface area contributed by atoms with Gasteiger partial charge in [-0.15, -0.1) is 0 Å². The maximum Gasteiger partial charge on any atom is 0.243 e. The van der Waals surface area contributed by atoms with E-state index in [4.69, 9.17) is 0 Å². The number of carbonyl (C=O) groups excluding carboxylic acids is 1. The molecule has 116 valence electrons. The number of nitrogens with one attached hydrogen (secondary N) is 2. The zero-order chi connectivity index (χ0) is 15.5. The van der Waals surface area contributed by atoms with Crippen LogP contribution in [0.1, 0.15) is 19.4 Å². The Hall–Kier alpha value is -1.44. The first kappa shape index (κ1) is 15.9. The number of carbonyl (C=O) groups is 1. The lowest BCUT2D eigenvalue weighted by Gasteiger charge is -2.32. The smallest absolute Gasteiger partial charge is 0.243 e. The van der Waals surface area contributed by atoms with E-state index in [1.165, 1.54) is 11.2 Å². The maximum absolute atomic E-state index is 12.6. The van der Waals surface area contributed by atoms with Crippen LogP contribution in [0.5, 0.6) is 0 Å². The molecule has 1 aromatic carbocycles. The summed E-state index contributed by atoms with van der Waals surface area (Å²) < 4.78 is 26.7. The molecule has 0 saturated carbocycles. The Bertz CT molecular complexity index is 598. The molecule has 1 aliphatic rings. The number of sulfonamides is 1. The standard InChI is InChI=1S/C14H21N3O3S/c1-11-9-15-7-8-17(11)21(19,20)14-5-3-13(4-6-14)10-16-12(2)18/h3-6,11,15H,7-10H2,1-2H3,(H,16,18)/t11-/m0/s1. The van der Waals surface area contributed by atoms with Crippen LogP contribution >= 0.6 is 0 Å². The van der Waals surface area contributed by atoms with E-state index in [1.54, 1.807) is 24.3 Å². The molecule has 0 spiro atoms. The van der Waals surface area contributed by atoms with Gasteiger partial charge in [-0.3, -0.25) is 4.79 Å². The molecule has 1 heterocycles. The number of amides is 1. The van der Waals surface area contributed by atoms with Gasteiger partial charge in [0.1, 0.15) is 0 Å². The molecule has 2 rings (SSSR count). The molecule has 1 atom stereocenters. The van der Waals surface area contributed by atoms with E-state index in [0.29, 0.717) is 31.1 Å². The number of rotatable bonds is 4. The molecule has 0 aliphatic carbocycles. The molecular weight excluding hydrogens is 290 g/mol. The van der Waals surface area contributed by atoms with Gasteiger partial charge in [0.15, 0.2) is 0 Å². The van der Waals surface area contributed by atoms with Crippen LogP contribution in [-0.2, 0) is 21.4 Å². The van der Waals surface area contributed by atoms with Crippen LogP contribution in [0.2, 0.25) is 0 Å². The largest absolute Gasteiger partial charge is 0.352 e. The summed E-state index contributed by atoms with van der Waals surface area (Å²) in [6.45, 7) is 5.57. The van der Waals surface area contributed by atoms with E-state index >= 15 is 0 Å². The second-order valence-corrected chi connectivity index (χ2v) is 7.11. The minimum Gasteiger partial charge on any atom is -0.352 e. The van der Waals surface area contributed by atoms with Crippen LogP contribution in [0, 0.1) is 0 Å². The third-order valence-corrected chi connectivity index (χ3v) is 5.54. The fourth-order valence-electron chi connectivity index (χ4n) is 2.32. The zero-order valence-corrected chi connectivity index (χ0v) is 13.1. The predicted octanol–water partition coefficient (Wildman–Crippen LogP) is 0.305. The molecule has 6 nitrogen and oxygen atoms in total. The van der Waals surface area contributed by atoms with Crippen LogP contribution in [0.15, 0.2) is 29.2 Å². The highest BCUT2D eigenvalue weighted by Gasteiger charge is 2.30. The third-order valence-electron chi connectivity index (χ3n) is 3.51. The van der Waals surface area contributed by atoms with Crippen molar-refractivity contribution < 1.29 is 13.2 Å². The Morgan fingerprint density at radius 2 is 2.05 bits per heavy atom. The number of piperazine rings is 1. The highest BCUT2D eigenvalue weighted by Crippen LogP contribution is 2.19. The van der Waals surface area contributed by atoms with Crippen molar-refractivity contribution in [2.24, 2.45) is 0 Å². The first-order valence-electron chi connectivity index (χ1n) is 6.97. The van der Waals surface area contributed by atoms with Crippen molar-refractivity contribution in [3.63, 3.8) is 0 Å². The molecule has 1 saturated heterocycles. The lowest BCUT2D eigenvalue weighted by Crippen LogP contribution is -2.52. The van der Waals surface area contributed by atoms with Crippen molar-refractivity contribution in [1.82, 2.24) is 14.9 Å². The van der Waals surface area contributed by atoms with Crippen molar-refractivity contribution in [3.05, 3.63) is 29.8 Å². The van der Waals surface area contributed by atoms with Gasteiger partial charge >= 0.3 is 0 Å². The van der Waals surface area contributed by atoms with Crippen molar-refractivity contribution >= 4 is 15.9 Å². The normalized spacial score (nSPS) is 20.2. The second kappa shape index (κ2) is 6.55. The Balaban J connectivity index is 2.14. The Morgan fingerprint density at radius 1 is 1.38 bits per heavy atom. The van der Waals surface area contributed by atoms with Gasteiger partial charge in [-0.1, -0.05) is 12.1 Å². The van der Waals surface area contributed by atoms with Crippen LogP contribution in [-0.4, -0.2) is 44.3 Å². The Labute approximate surface area is 125 Å². The van der Waals surface area contributed by atoms with Gasteiger partial charge in [-0.2, -0.15) is 4.31 Å². The average Bonchev–Trinajstić information content (AvgIpc) is 2.46. The van der Waals surface area contributed by atoms with Crippen molar-refractivity contribution in [2.45, 2.75) is 31.3 Å². The summed E-state index contributed by atoms with van der Waals surface area (Å²) in [6.07, 6.45) is 0. The van der Waals surface area contributed by atoms with Gasteiger partial charge in [-0.25, -0.2) is 8.42 Å². The second-order valence-electron chi connectivity index (χ2n) is 5.22. The first-order valence-corrected chi connectivity index (χ1v) is 8.41. The highest BCUT2D eigenvalue weighted by molar-refractivity contribution is 7.89. The summed E-state index contributed by atoms with van der Waals surface area (Å²) in [5.74, 6) is -0.110. The fourth-order valence-corrected chi connectivity index (χ4v) is 3.95. The third kappa shape index (κ3) is 3.81. The molecular formula is C14H21N3O3S. The van der Waals surface area contributed by atoms with Gasteiger partial charge in [0.25, 0.3) is 0 Å². The van der Waals surface area contributed by atoms with Crippen LogP contribution in [0.4, 0.5) is 0 Å². The topological polar surface area (TPSA) is 78.5 Å². The van der Waals surface area contributed by atoms with Gasteiger partial charge in [0.2, 0.25) is 15.9 Å². The Kier molecular flexibility index (Phi) is 4.97. The lowest BCUT2D eigenvalue weighted by atomic mass is 10.2. The molecule has 0 radical (unpaired) electrons. The average molecular weight is 311 g/mol. The van der Waals surface area contributed by atoms with Gasteiger partial charge in [0, 0.05) is 39.1 Å². The van der Waals surface area contributed by atoms with Crippen LogP contribution in [0.3, 0.4) is 0 Å². The van der Waals surface area contributed by atoms with E-state index in [1.807, 2.05) is 6.92 Å². The number of hydrogen-bond donors (Lipinski definition) is 2. The number of benzene rings is 1. The molecule has 7 heteroatoms. The monoisotopic (exact) mass is 311 g/mol. The summed E-state index contributed by atoms with van der Waals surface area (Å²) in [5.41, 5.74) is 0.873. The number of nitrogens with zero attached hydrogens (tertiary/aromatic N) is 1. The van der Waals surface area contributed by atoms with E-state index in [9.17, 15) is 13.2 Å².